The molecule has 0 aliphatic heterocycles. The van der Waals surface area contributed by atoms with E-state index in [1.807, 2.05) is 0 Å². The number of benzene rings is 1. The van der Waals surface area contributed by atoms with E-state index >= 15 is 0 Å². The highest BCUT2D eigenvalue weighted by Gasteiger charge is 2.35. The monoisotopic (exact) mass is 346 g/mol. The van der Waals surface area contributed by atoms with Crippen molar-refractivity contribution >= 4 is 22.5 Å². The molecule has 1 aromatic heterocycles. The number of nitrogens with one attached hydrogen (secondary N) is 2. The number of aliphatic hydroxyl groups is 1. The van der Waals surface area contributed by atoms with E-state index in [1.165, 1.54) is 0 Å². The molecule has 0 saturated heterocycles. The minimum atomic E-state index is -4.60. The van der Waals surface area contributed by atoms with Gasteiger partial charge in [-0.25, -0.2) is 4.79 Å². The number of halogens is 3. The van der Waals surface area contributed by atoms with Crippen LogP contribution in [-0.4, -0.2) is 27.9 Å². The topological polar surface area (TPSA) is 87.1 Å². The molecule has 1 heterocycles. The van der Waals surface area contributed by atoms with Gasteiger partial charge in [0.1, 0.15) is 0 Å². The molecule has 0 aliphatic carbocycles. The molecule has 0 spiro atoms. The highest BCUT2D eigenvalue weighted by molar-refractivity contribution is 7.15. The molecule has 0 bridgehead atoms. The normalized spacial score (nSPS) is 12.7. The van der Waals surface area contributed by atoms with Crippen molar-refractivity contribution in [2.75, 3.05) is 11.9 Å². The van der Waals surface area contributed by atoms with Crippen molar-refractivity contribution < 1.29 is 23.1 Å². The van der Waals surface area contributed by atoms with Crippen molar-refractivity contribution in [3.8, 4) is 0 Å². The largest absolute Gasteiger partial charge is 0.445 e. The highest BCUT2D eigenvalue weighted by atomic mass is 32.1. The summed E-state index contributed by atoms with van der Waals surface area (Å²) in [5.74, 6) is 0. The van der Waals surface area contributed by atoms with Gasteiger partial charge in [0.2, 0.25) is 10.1 Å². The third kappa shape index (κ3) is 4.89. The third-order valence-corrected chi connectivity index (χ3v) is 3.70. The number of hydrogen-bond donors (Lipinski definition) is 3. The first-order valence-electron chi connectivity index (χ1n) is 6.54. The lowest BCUT2D eigenvalue weighted by atomic mass is 10.0. The molecule has 2 amide bonds. The van der Waals surface area contributed by atoms with E-state index in [-0.39, 0.29) is 29.5 Å². The maximum absolute atomic E-state index is 12.4. The van der Waals surface area contributed by atoms with E-state index in [4.69, 9.17) is 5.11 Å². The number of rotatable bonds is 5. The van der Waals surface area contributed by atoms with Crippen molar-refractivity contribution in [1.29, 1.82) is 0 Å². The summed E-state index contributed by atoms with van der Waals surface area (Å²) >= 11 is 0.236. The summed E-state index contributed by atoms with van der Waals surface area (Å²) in [7, 11) is 0. The zero-order valence-electron chi connectivity index (χ0n) is 11.7. The number of anilines is 1. The average molecular weight is 346 g/mol. The van der Waals surface area contributed by atoms with Gasteiger partial charge in [0.05, 0.1) is 6.04 Å². The van der Waals surface area contributed by atoms with Crippen molar-refractivity contribution in [3.63, 3.8) is 0 Å². The molecule has 2 aromatic rings. The second kappa shape index (κ2) is 7.38. The Balaban J connectivity index is 2.01. The molecule has 0 aliphatic rings. The van der Waals surface area contributed by atoms with Crippen LogP contribution in [0.25, 0.3) is 0 Å². The first-order chi connectivity index (χ1) is 10.9. The first-order valence-corrected chi connectivity index (χ1v) is 7.36. The van der Waals surface area contributed by atoms with Crippen LogP contribution in [0.5, 0.6) is 0 Å². The van der Waals surface area contributed by atoms with Crippen LogP contribution in [0.2, 0.25) is 0 Å². The third-order valence-electron chi connectivity index (χ3n) is 2.81. The van der Waals surface area contributed by atoms with Gasteiger partial charge in [-0.15, -0.1) is 10.2 Å². The lowest BCUT2D eigenvalue weighted by Crippen LogP contribution is -2.33. The predicted octanol–water partition coefficient (Wildman–Crippen LogP) is 2.80. The summed E-state index contributed by atoms with van der Waals surface area (Å²) in [6, 6.07) is 7.70. The Hall–Kier alpha value is -2.20. The van der Waals surface area contributed by atoms with Gasteiger partial charge >= 0.3 is 12.2 Å². The Morgan fingerprint density at radius 1 is 1.26 bits per heavy atom. The molecule has 1 atom stereocenters. The number of carbonyl (C=O) groups is 1. The quantitative estimate of drug-likeness (QED) is 0.777. The van der Waals surface area contributed by atoms with Crippen LogP contribution in [0, 0.1) is 0 Å². The number of hydrogen-bond acceptors (Lipinski definition) is 5. The Morgan fingerprint density at radius 3 is 2.52 bits per heavy atom. The van der Waals surface area contributed by atoms with Gasteiger partial charge in [0.25, 0.3) is 0 Å². The van der Waals surface area contributed by atoms with Crippen LogP contribution < -0.4 is 10.6 Å². The average Bonchev–Trinajstić information content (AvgIpc) is 2.96. The fourth-order valence-corrected chi connectivity index (χ4v) is 2.42. The van der Waals surface area contributed by atoms with Gasteiger partial charge in [-0.2, -0.15) is 13.2 Å². The van der Waals surface area contributed by atoms with E-state index in [2.05, 4.69) is 20.8 Å². The smallest absolute Gasteiger partial charge is 0.396 e. The number of aliphatic hydroxyl groups excluding tert-OH is 1. The highest BCUT2D eigenvalue weighted by Crippen LogP contribution is 2.33. The van der Waals surface area contributed by atoms with Gasteiger partial charge in [0.15, 0.2) is 0 Å². The summed E-state index contributed by atoms with van der Waals surface area (Å²) in [6.07, 6.45) is -4.33. The van der Waals surface area contributed by atoms with Crippen LogP contribution >= 0.6 is 11.3 Å². The summed E-state index contributed by atoms with van der Waals surface area (Å²) in [4.78, 5) is 11.9. The minimum absolute atomic E-state index is 0.156. The molecule has 0 unspecified atom stereocenters. The lowest BCUT2D eigenvalue weighted by Gasteiger charge is -2.18. The van der Waals surface area contributed by atoms with Crippen LogP contribution in [0.4, 0.5) is 23.1 Å². The van der Waals surface area contributed by atoms with Crippen LogP contribution in [-0.2, 0) is 6.18 Å². The summed E-state index contributed by atoms with van der Waals surface area (Å²) in [5, 5.41) is 18.7. The molecular weight excluding hydrogens is 333 g/mol. The van der Waals surface area contributed by atoms with Crippen molar-refractivity contribution in [2.45, 2.75) is 18.6 Å². The molecule has 10 heteroatoms. The summed E-state index contributed by atoms with van der Waals surface area (Å²) < 4.78 is 37.3. The Labute approximate surface area is 133 Å². The minimum Gasteiger partial charge on any atom is -0.396 e. The van der Waals surface area contributed by atoms with Crippen LogP contribution in [0.3, 0.4) is 0 Å². The molecule has 3 N–H and O–H groups in total. The van der Waals surface area contributed by atoms with E-state index in [9.17, 15) is 18.0 Å². The fraction of sp³-hybridized carbons (Fsp3) is 0.308. The van der Waals surface area contributed by atoms with E-state index < -0.39 is 23.3 Å². The van der Waals surface area contributed by atoms with Gasteiger partial charge < -0.3 is 10.4 Å². The zero-order valence-corrected chi connectivity index (χ0v) is 12.5. The van der Waals surface area contributed by atoms with E-state index in [0.29, 0.717) is 0 Å². The molecule has 0 radical (unpaired) electrons. The SMILES string of the molecule is O=C(Nc1nnc(C(F)(F)F)s1)N[C@H](CCO)c1ccccc1. The fourth-order valence-electron chi connectivity index (χ4n) is 1.82. The Morgan fingerprint density at radius 2 is 1.96 bits per heavy atom. The summed E-state index contributed by atoms with van der Waals surface area (Å²) in [5.41, 5.74) is 0.768. The van der Waals surface area contributed by atoms with Gasteiger partial charge in [0, 0.05) is 6.61 Å². The number of amides is 2. The van der Waals surface area contributed by atoms with Crippen LogP contribution in [0.15, 0.2) is 30.3 Å². The Kier molecular flexibility index (Phi) is 5.50. The maximum Gasteiger partial charge on any atom is 0.445 e. The molecule has 124 valence electrons. The molecule has 23 heavy (non-hydrogen) atoms. The molecule has 6 nitrogen and oxygen atoms in total. The molecular formula is C13H13F3N4O2S. The maximum atomic E-state index is 12.4. The standard InChI is InChI=1S/C13H13F3N4O2S/c14-13(15,16)10-19-20-12(23-10)18-11(22)17-9(6-7-21)8-4-2-1-3-5-8/h1-5,9,21H,6-7H2,(H2,17,18,20,22)/t9-/m1/s1. The predicted molar refractivity (Wildman–Crippen MR) is 78.0 cm³/mol. The van der Waals surface area contributed by atoms with Crippen molar-refractivity contribution in [3.05, 3.63) is 40.9 Å². The second-order valence-corrected chi connectivity index (χ2v) is 5.46. The first kappa shape index (κ1) is 17.2. The number of alkyl halides is 3. The van der Waals surface area contributed by atoms with E-state index in [0.717, 1.165) is 5.56 Å². The van der Waals surface area contributed by atoms with Crippen LogP contribution in [0.1, 0.15) is 23.0 Å². The number of nitrogens with zero attached hydrogens (tertiary/aromatic N) is 2. The molecule has 0 saturated carbocycles. The second-order valence-electron chi connectivity index (χ2n) is 4.48. The number of carbonyl (C=O) groups excluding carboxylic acids is 1. The number of urea groups is 1. The Bertz CT molecular complexity index is 648. The molecule has 2 rings (SSSR count). The molecule has 0 fully saturated rings. The van der Waals surface area contributed by atoms with Crippen molar-refractivity contribution in [2.24, 2.45) is 0 Å². The van der Waals surface area contributed by atoms with Crippen molar-refractivity contribution in [1.82, 2.24) is 15.5 Å². The number of aromatic nitrogens is 2. The van der Waals surface area contributed by atoms with E-state index in [1.54, 1.807) is 30.3 Å². The molecule has 1 aromatic carbocycles. The lowest BCUT2D eigenvalue weighted by molar-refractivity contribution is -0.138. The van der Waals surface area contributed by atoms with Gasteiger partial charge in [-0.05, 0) is 12.0 Å². The van der Waals surface area contributed by atoms with Gasteiger partial charge in [-0.3, -0.25) is 5.32 Å². The zero-order chi connectivity index (χ0) is 16.9. The summed E-state index contributed by atoms with van der Waals surface area (Å²) in [6.45, 7) is -0.156. The van der Waals surface area contributed by atoms with Gasteiger partial charge in [-0.1, -0.05) is 41.7 Å².